The zero-order valence-electron chi connectivity index (χ0n) is 17.5. The molecule has 156 valence electrons. The topological polar surface area (TPSA) is 51.7 Å². The van der Waals surface area contributed by atoms with Gasteiger partial charge < -0.3 is 14.4 Å². The second-order valence-corrected chi connectivity index (χ2v) is 8.57. The Hall–Kier alpha value is -2.63. The average Bonchev–Trinajstić information content (AvgIpc) is 3.09. The van der Waals surface area contributed by atoms with Gasteiger partial charge >= 0.3 is 5.97 Å². The maximum atomic E-state index is 13.3. The fourth-order valence-electron chi connectivity index (χ4n) is 3.47. The minimum atomic E-state index is -0.469. The predicted octanol–water partition coefficient (Wildman–Crippen LogP) is 4.71. The van der Waals surface area contributed by atoms with Gasteiger partial charge in [0.25, 0.3) is 0 Å². The number of anilines is 1. The zero-order valence-corrected chi connectivity index (χ0v) is 17.5. The molecule has 1 aliphatic heterocycles. The summed E-state index contributed by atoms with van der Waals surface area (Å²) in [5.74, 6) is 0.209. The molecule has 2 heterocycles. The third-order valence-electron chi connectivity index (χ3n) is 4.87. The van der Waals surface area contributed by atoms with Crippen LogP contribution >= 0.6 is 0 Å². The molecule has 0 amide bonds. The highest BCUT2D eigenvalue weighted by atomic mass is 19.1. The molecule has 0 spiro atoms. The molecule has 3 rings (SSSR count). The summed E-state index contributed by atoms with van der Waals surface area (Å²) in [6.45, 7) is 9.16. The van der Waals surface area contributed by atoms with Crippen LogP contribution in [0.3, 0.4) is 0 Å². The third kappa shape index (κ3) is 6.17. The molecule has 0 saturated carbocycles. The van der Waals surface area contributed by atoms with Crippen molar-refractivity contribution in [3.8, 4) is 5.75 Å². The van der Waals surface area contributed by atoms with E-state index in [1.807, 2.05) is 58.0 Å². The normalized spacial score (nSPS) is 17.8. The molecule has 0 bridgehead atoms. The average molecular weight is 400 g/mol. The molecule has 1 saturated heterocycles. The van der Waals surface area contributed by atoms with Crippen molar-refractivity contribution >= 4 is 11.7 Å². The highest BCUT2D eigenvalue weighted by molar-refractivity contribution is 5.71. The minimum absolute atomic E-state index is 0.0521. The molecule has 2 aromatic rings. The first kappa shape index (κ1) is 21.1. The highest BCUT2D eigenvalue weighted by Gasteiger charge is 2.25. The Morgan fingerprint density at radius 2 is 2.00 bits per heavy atom. The number of carbonyl (C=O) groups is 1. The molecule has 1 aromatic heterocycles. The van der Waals surface area contributed by atoms with Crippen molar-refractivity contribution in [2.75, 3.05) is 18.0 Å². The molecule has 5 nitrogen and oxygen atoms in total. The predicted molar refractivity (Wildman–Crippen MR) is 111 cm³/mol. The first-order chi connectivity index (χ1) is 13.7. The van der Waals surface area contributed by atoms with Gasteiger partial charge in [-0.15, -0.1) is 0 Å². The van der Waals surface area contributed by atoms with E-state index < -0.39 is 11.5 Å². The lowest BCUT2D eigenvalue weighted by molar-refractivity contribution is -0.155. The summed E-state index contributed by atoms with van der Waals surface area (Å²) < 4.78 is 24.8. The summed E-state index contributed by atoms with van der Waals surface area (Å²) in [5, 5.41) is 0. The van der Waals surface area contributed by atoms with Crippen LogP contribution in [0.25, 0.3) is 0 Å². The van der Waals surface area contributed by atoms with E-state index in [1.165, 1.54) is 12.3 Å². The Labute approximate surface area is 171 Å². The van der Waals surface area contributed by atoms with E-state index in [0.29, 0.717) is 13.0 Å². The lowest BCUT2D eigenvalue weighted by atomic mass is 9.98. The van der Waals surface area contributed by atoms with Gasteiger partial charge in [-0.1, -0.05) is 19.1 Å². The second-order valence-electron chi connectivity index (χ2n) is 8.57. The molecule has 1 aliphatic rings. The monoisotopic (exact) mass is 400 g/mol. The number of halogens is 1. The first-order valence-electron chi connectivity index (χ1n) is 10.0. The quantitative estimate of drug-likeness (QED) is 0.519. The number of pyridine rings is 1. The van der Waals surface area contributed by atoms with Crippen LogP contribution < -0.4 is 9.64 Å². The SMILES string of the molecule is C[C@H](CC(=O)OC(C)(C)C)c1ccc(O[C@@H]2CCN(c3ccnc(F)c3)C2)cc1. The van der Waals surface area contributed by atoms with Gasteiger partial charge in [0.05, 0.1) is 13.0 Å². The summed E-state index contributed by atoms with van der Waals surface area (Å²) in [6.07, 6.45) is 2.75. The van der Waals surface area contributed by atoms with Crippen molar-refractivity contribution in [3.63, 3.8) is 0 Å². The van der Waals surface area contributed by atoms with Crippen molar-refractivity contribution < 1.29 is 18.7 Å². The maximum Gasteiger partial charge on any atom is 0.306 e. The van der Waals surface area contributed by atoms with Gasteiger partial charge in [0, 0.05) is 30.9 Å². The number of esters is 1. The van der Waals surface area contributed by atoms with Gasteiger partial charge in [0.1, 0.15) is 17.5 Å². The summed E-state index contributed by atoms with van der Waals surface area (Å²) >= 11 is 0. The van der Waals surface area contributed by atoms with Gasteiger partial charge in [-0.2, -0.15) is 4.39 Å². The number of carbonyl (C=O) groups excluding carboxylic acids is 1. The summed E-state index contributed by atoms with van der Waals surface area (Å²) in [4.78, 5) is 17.7. The van der Waals surface area contributed by atoms with Crippen LogP contribution in [0, 0.1) is 5.95 Å². The van der Waals surface area contributed by atoms with Crippen molar-refractivity contribution in [2.45, 2.75) is 58.2 Å². The van der Waals surface area contributed by atoms with Crippen LogP contribution in [-0.2, 0) is 9.53 Å². The van der Waals surface area contributed by atoms with Gasteiger partial charge in [0.15, 0.2) is 0 Å². The minimum Gasteiger partial charge on any atom is -0.489 e. The van der Waals surface area contributed by atoms with Crippen molar-refractivity contribution in [1.82, 2.24) is 4.98 Å². The van der Waals surface area contributed by atoms with E-state index in [-0.39, 0.29) is 18.0 Å². The standard InChI is InChI=1S/C23H29FN2O3/c1-16(13-22(27)29-23(2,3)4)17-5-7-19(8-6-17)28-20-10-12-26(15-20)18-9-11-25-21(24)14-18/h5-9,11,14,16,20H,10,12-13,15H2,1-4H3/t16-,20-/m1/s1. The summed E-state index contributed by atoms with van der Waals surface area (Å²) in [6, 6.07) is 11.1. The zero-order chi connectivity index (χ0) is 21.0. The largest absolute Gasteiger partial charge is 0.489 e. The van der Waals surface area contributed by atoms with Crippen LogP contribution in [0.5, 0.6) is 5.75 Å². The summed E-state index contributed by atoms with van der Waals surface area (Å²) in [5.41, 5.74) is 1.43. The van der Waals surface area contributed by atoms with Gasteiger partial charge in [-0.05, 0) is 50.5 Å². The number of ether oxygens (including phenoxy) is 2. The Balaban J connectivity index is 1.52. The molecule has 0 radical (unpaired) electrons. The van der Waals surface area contributed by atoms with E-state index in [0.717, 1.165) is 30.0 Å². The number of hydrogen-bond donors (Lipinski definition) is 0. The van der Waals surface area contributed by atoms with Crippen molar-refractivity contribution in [2.24, 2.45) is 0 Å². The van der Waals surface area contributed by atoms with Crippen LogP contribution in [0.15, 0.2) is 42.6 Å². The van der Waals surface area contributed by atoms with Crippen molar-refractivity contribution in [1.29, 1.82) is 0 Å². The van der Waals surface area contributed by atoms with Crippen LogP contribution in [0.1, 0.15) is 52.0 Å². The van der Waals surface area contributed by atoms with Gasteiger partial charge in [-0.25, -0.2) is 4.98 Å². The Bertz CT molecular complexity index is 833. The number of benzene rings is 1. The molecule has 0 aliphatic carbocycles. The smallest absolute Gasteiger partial charge is 0.306 e. The number of rotatable bonds is 6. The molecular formula is C23H29FN2O3. The van der Waals surface area contributed by atoms with Gasteiger partial charge in [0.2, 0.25) is 5.95 Å². The lowest BCUT2D eigenvalue weighted by Crippen LogP contribution is -2.24. The molecule has 0 unspecified atom stereocenters. The van der Waals surface area contributed by atoms with E-state index in [4.69, 9.17) is 9.47 Å². The van der Waals surface area contributed by atoms with Crippen LogP contribution in [0.4, 0.5) is 10.1 Å². The third-order valence-corrected chi connectivity index (χ3v) is 4.87. The Morgan fingerprint density at radius 1 is 1.28 bits per heavy atom. The number of nitrogens with zero attached hydrogens (tertiary/aromatic N) is 2. The first-order valence-corrected chi connectivity index (χ1v) is 10.0. The number of hydrogen-bond acceptors (Lipinski definition) is 5. The van der Waals surface area contributed by atoms with E-state index in [9.17, 15) is 9.18 Å². The molecule has 0 N–H and O–H groups in total. The molecule has 1 fully saturated rings. The highest BCUT2D eigenvalue weighted by Crippen LogP contribution is 2.26. The number of aromatic nitrogens is 1. The Kier molecular flexibility index (Phi) is 6.40. The van der Waals surface area contributed by atoms with Crippen LogP contribution in [-0.4, -0.2) is 35.7 Å². The Morgan fingerprint density at radius 3 is 2.66 bits per heavy atom. The molecule has 6 heteroatoms. The van der Waals surface area contributed by atoms with Crippen LogP contribution in [0.2, 0.25) is 0 Å². The molecule has 1 aromatic carbocycles. The fraction of sp³-hybridized carbons (Fsp3) is 0.478. The summed E-state index contributed by atoms with van der Waals surface area (Å²) in [7, 11) is 0. The van der Waals surface area contributed by atoms with E-state index in [2.05, 4.69) is 9.88 Å². The van der Waals surface area contributed by atoms with E-state index >= 15 is 0 Å². The molecule has 2 atom stereocenters. The maximum absolute atomic E-state index is 13.3. The second kappa shape index (κ2) is 8.80. The molecular weight excluding hydrogens is 371 g/mol. The van der Waals surface area contributed by atoms with Gasteiger partial charge in [-0.3, -0.25) is 4.79 Å². The van der Waals surface area contributed by atoms with Crippen molar-refractivity contribution in [3.05, 3.63) is 54.1 Å². The van der Waals surface area contributed by atoms with E-state index in [1.54, 1.807) is 0 Å². The fourth-order valence-corrected chi connectivity index (χ4v) is 3.47. The lowest BCUT2D eigenvalue weighted by Gasteiger charge is -2.21. The molecule has 29 heavy (non-hydrogen) atoms.